The molecule has 0 aromatic heterocycles. The average molecular weight is 967 g/mol. The fourth-order valence-corrected chi connectivity index (χ4v) is 15.1. The number of carboxylic acids is 1. The van der Waals surface area contributed by atoms with Crippen LogP contribution in [0.3, 0.4) is 0 Å². The molecule has 0 radical (unpaired) electrons. The van der Waals surface area contributed by atoms with E-state index in [1.165, 1.54) is 19.4 Å². The van der Waals surface area contributed by atoms with Gasteiger partial charge in [0.25, 0.3) is 0 Å². The van der Waals surface area contributed by atoms with Gasteiger partial charge in [0.1, 0.15) is 48.8 Å². The van der Waals surface area contributed by atoms with E-state index in [4.69, 9.17) is 37.9 Å². The predicted molar refractivity (Wildman–Crippen MR) is 238 cm³/mol. The van der Waals surface area contributed by atoms with Crippen molar-refractivity contribution in [2.75, 3.05) is 19.8 Å². The van der Waals surface area contributed by atoms with E-state index in [2.05, 4.69) is 47.6 Å². The molecule has 0 aromatic rings. The summed E-state index contributed by atoms with van der Waals surface area (Å²) in [5.74, 6) is -1.61. The van der Waals surface area contributed by atoms with Crippen LogP contribution < -0.4 is 0 Å². The number of carbonyl (C=O) groups is 3. The van der Waals surface area contributed by atoms with E-state index in [0.29, 0.717) is 19.3 Å². The highest BCUT2D eigenvalue weighted by atomic mass is 16.8. The molecule has 3 heterocycles. The van der Waals surface area contributed by atoms with Crippen LogP contribution in [0.25, 0.3) is 0 Å². The molecular formula is C50H78O18. The van der Waals surface area contributed by atoms with Gasteiger partial charge in [0, 0.05) is 19.3 Å². The molecule has 0 aromatic carbocycles. The van der Waals surface area contributed by atoms with Crippen LogP contribution in [0.5, 0.6) is 0 Å². The molecule has 7 fully saturated rings. The van der Waals surface area contributed by atoms with Crippen molar-refractivity contribution >= 4 is 17.9 Å². The lowest BCUT2D eigenvalue weighted by molar-refractivity contribution is -0.379. The minimum atomic E-state index is -1.78. The second kappa shape index (κ2) is 18.6. The third kappa shape index (κ3) is 8.58. The zero-order chi connectivity index (χ0) is 49.7. The second-order valence-electron chi connectivity index (χ2n) is 23.6. The van der Waals surface area contributed by atoms with Crippen LogP contribution >= 0.6 is 0 Å². The number of aliphatic carboxylic acids is 1. The third-order valence-corrected chi connectivity index (χ3v) is 19.2. The lowest BCUT2D eigenvalue weighted by atomic mass is 9.33. The number of hydrogen-bond donors (Lipinski definition) is 7. The summed E-state index contributed by atoms with van der Waals surface area (Å²) in [4.78, 5) is 37.3. The quantitative estimate of drug-likeness (QED) is 0.0942. The highest BCUT2D eigenvalue weighted by Crippen LogP contribution is 2.76. The summed E-state index contributed by atoms with van der Waals surface area (Å²) in [5, 5.41) is 77.5. The van der Waals surface area contributed by atoms with Crippen LogP contribution in [0.1, 0.15) is 127 Å². The molecule has 5 aliphatic carbocycles. The van der Waals surface area contributed by atoms with Crippen LogP contribution in [0.15, 0.2) is 11.6 Å². The molecule has 3 aliphatic heterocycles. The summed E-state index contributed by atoms with van der Waals surface area (Å²) >= 11 is 0. The van der Waals surface area contributed by atoms with Gasteiger partial charge < -0.3 is 73.6 Å². The molecule has 18 heteroatoms. The van der Waals surface area contributed by atoms with Crippen LogP contribution in [0.2, 0.25) is 0 Å². The Bertz CT molecular complexity index is 1930. The lowest BCUT2D eigenvalue weighted by Gasteiger charge is -2.71. The Balaban J connectivity index is 1.03. The minimum Gasteiger partial charge on any atom is -0.481 e. The van der Waals surface area contributed by atoms with E-state index in [-0.39, 0.29) is 59.2 Å². The summed E-state index contributed by atoms with van der Waals surface area (Å²) in [6.07, 6.45) is -9.89. The molecule has 3 saturated heterocycles. The monoisotopic (exact) mass is 967 g/mol. The molecule has 22 atom stereocenters. The lowest BCUT2D eigenvalue weighted by Crippen LogP contribution is -2.67. The van der Waals surface area contributed by atoms with Gasteiger partial charge in [0.2, 0.25) is 0 Å². The maximum absolute atomic E-state index is 13.2. The van der Waals surface area contributed by atoms with Crippen LogP contribution in [0.4, 0.5) is 0 Å². The van der Waals surface area contributed by atoms with Crippen LogP contribution in [0, 0.1) is 50.2 Å². The SMILES string of the molecule is CC(=O)OC[C@@]1(C)C2CC[C@]3(C)[C@H](CC=C4C5CC(C)(C)CC[C@]5(C(=O)O)CC[C@]43C)[C@@]2(C)CC[C@@H]1O[C@@H]1OC[C@H](O)[C@H](O)[C@H]1O[C@@H]1O[C@@H](C)[C@H](O)[C@@H](O[C@@H]2OC[C@@H](OC(C)=O)[C@H](O)[C@H]2O)[C@H]1O. The predicted octanol–water partition coefficient (Wildman–Crippen LogP) is 3.13. The van der Waals surface area contributed by atoms with Crippen molar-refractivity contribution in [2.45, 2.75) is 213 Å². The normalized spacial score (nSPS) is 51.1. The smallest absolute Gasteiger partial charge is 0.310 e. The molecule has 0 bridgehead atoms. The zero-order valence-corrected chi connectivity index (χ0v) is 41.2. The van der Waals surface area contributed by atoms with Gasteiger partial charge >= 0.3 is 17.9 Å². The van der Waals surface area contributed by atoms with Crippen molar-refractivity contribution in [2.24, 2.45) is 50.2 Å². The average Bonchev–Trinajstić information content (AvgIpc) is 3.26. The number of fused-ring (bicyclic) bond motifs is 7. The Hall–Kier alpha value is -2.33. The molecule has 4 saturated carbocycles. The molecule has 68 heavy (non-hydrogen) atoms. The summed E-state index contributed by atoms with van der Waals surface area (Å²) < 4.78 is 47.5. The third-order valence-electron chi connectivity index (χ3n) is 19.2. The number of aliphatic hydroxyl groups is 6. The first-order chi connectivity index (χ1) is 31.7. The van der Waals surface area contributed by atoms with Crippen LogP contribution in [-0.4, -0.2) is 159 Å². The first kappa shape index (κ1) is 52.0. The van der Waals surface area contributed by atoms with Crippen molar-refractivity contribution in [3.8, 4) is 0 Å². The number of carboxylic acid groups (broad SMARTS) is 1. The zero-order valence-electron chi connectivity index (χ0n) is 41.2. The number of rotatable bonds is 10. The van der Waals surface area contributed by atoms with Crippen molar-refractivity contribution in [1.82, 2.24) is 0 Å². The fraction of sp³-hybridized carbons (Fsp3) is 0.900. The maximum atomic E-state index is 13.2. The second-order valence-corrected chi connectivity index (χ2v) is 23.6. The molecule has 7 N–H and O–H groups in total. The molecule has 386 valence electrons. The first-order valence-corrected chi connectivity index (χ1v) is 24.9. The number of ether oxygens (including phenoxy) is 8. The largest absolute Gasteiger partial charge is 0.481 e. The van der Waals surface area contributed by atoms with Gasteiger partial charge in [-0.1, -0.05) is 53.2 Å². The molecule has 8 aliphatic rings. The standard InChI is InChI=1S/C50H78O18/c1-24-34(54)39(67-41-37(57)36(56)30(22-62-41)65-26(3)52)38(58)42(64-24)68-40-35(55)29(53)21-61-43(40)66-33-13-14-46(6)31(47(33,7)23-63-25(2)51)12-15-49(9)32(46)11-10-27-28-20-45(4,5)16-18-50(28,44(59)60)19-17-48(27,49)8/h10,24,28-43,53-58H,11-23H2,1-9H3,(H,59,60)/t24-,28?,29-,30+,31?,32+,33-,34-,35-,36-,37+,38+,39+,40+,41-,42-,43-,46-,47-,48+,49+,50-/m0/s1. The van der Waals surface area contributed by atoms with Gasteiger partial charge in [0.05, 0.1) is 37.4 Å². The maximum Gasteiger partial charge on any atom is 0.310 e. The van der Waals surface area contributed by atoms with Crippen LogP contribution in [-0.2, 0) is 52.3 Å². The van der Waals surface area contributed by atoms with Gasteiger partial charge in [-0.2, -0.15) is 0 Å². The van der Waals surface area contributed by atoms with Crippen molar-refractivity contribution in [1.29, 1.82) is 0 Å². The van der Waals surface area contributed by atoms with E-state index in [9.17, 15) is 50.1 Å². The highest BCUT2D eigenvalue weighted by Gasteiger charge is 2.70. The van der Waals surface area contributed by atoms with Gasteiger partial charge in [-0.15, -0.1) is 0 Å². The van der Waals surface area contributed by atoms with E-state index in [1.54, 1.807) is 0 Å². The number of carbonyl (C=O) groups excluding carboxylic acids is 2. The summed E-state index contributed by atoms with van der Waals surface area (Å²) in [6, 6.07) is 0. The van der Waals surface area contributed by atoms with Crippen molar-refractivity contribution < 1.29 is 88.0 Å². The first-order valence-electron chi connectivity index (χ1n) is 24.9. The van der Waals surface area contributed by atoms with Crippen molar-refractivity contribution in [3.63, 3.8) is 0 Å². The van der Waals surface area contributed by atoms with Crippen molar-refractivity contribution in [3.05, 3.63) is 11.6 Å². The molecular weight excluding hydrogens is 889 g/mol. The summed E-state index contributed by atoms with van der Waals surface area (Å²) in [5.41, 5.74) is -0.752. The van der Waals surface area contributed by atoms with Gasteiger partial charge in [-0.3, -0.25) is 14.4 Å². The summed E-state index contributed by atoms with van der Waals surface area (Å²) in [6.45, 7) is 17.2. The Labute approximate surface area is 399 Å². The fourth-order valence-electron chi connectivity index (χ4n) is 15.1. The topological polar surface area (TPSA) is 267 Å². The van der Waals surface area contributed by atoms with Gasteiger partial charge in [-0.05, 0) is 111 Å². The molecule has 0 spiro atoms. The summed E-state index contributed by atoms with van der Waals surface area (Å²) in [7, 11) is 0. The Morgan fingerprint density at radius 3 is 2.06 bits per heavy atom. The van der Waals surface area contributed by atoms with E-state index < -0.39 is 115 Å². The van der Waals surface area contributed by atoms with Gasteiger partial charge in [0.15, 0.2) is 25.0 Å². The van der Waals surface area contributed by atoms with E-state index >= 15 is 0 Å². The Morgan fingerprint density at radius 2 is 1.38 bits per heavy atom. The number of hydrogen-bond acceptors (Lipinski definition) is 17. The molecule has 8 rings (SSSR count). The Morgan fingerprint density at radius 1 is 0.706 bits per heavy atom. The minimum absolute atomic E-state index is 0.0116. The molecule has 0 amide bonds. The molecule has 18 nitrogen and oxygen atoms in total. The number of allylic oxidation sites excluding steroid dienone is 2. The Kier molecular flexibility index (Phi) is 14.2. The molecule has 2 unspecified atom stereocenters. The van der Waals surface area contributed by atoms with E-state index in [0.717, 1.165) is 51.9 Å². The van der Waals surface area contributed by atoms with Gasteiger partial charge in [-0.25, -0.2) is 0 Å². The number of esters is 2. The highest BCUT2D eigenvalue weighted by molar-refractivity contribution is 5.76. The number of aliphatic hydroxyl groups excluding tert-OH is 6. The van der Waals surface area contributed by atoms with E-state index in [1.807, 2.05) is 0 Å².